The van der Waals surface area contributed by atoms with Gasteiger partial charge in [0.05, 0.1) is 13.2 Å². The zero-order chi connectivity index (χ0) is 14.7. The van der Waals surface area contributed by atoms with E-state index in [0.29, 0.717) is 11.3 Å². The molecule has 0 saturated heterocycles. The Morgan fingerprint density at radius 2 is 1.95 bits per heavy atom. The fraction of sp³-hybridized carbons (Fsp3) is 0.562. The second-order valence-corrected chi connectivity index (χ2v) is 5.38. The number of carbonyl (C=O) groups is 1. The zero-order valence-corrected chi connectivity index (χ0v) is 12.3. The number of hydrogen-bond acceptors (Lipinski definition) is 4. The lowest BCUT2D eigenvalue weighted by Gasteiger charge is -2.21. The van der Waals surface area contributed by atoms with Crippen molar-refractivity contribution < 1.29 is 19.4 Å². The number of esters is 1. The van der Waals surface area contributed by atoms with Crippen LogP contribution in [0.3, 0.4) is 0 Å². The van der Waals surface area contributed by atoms with Crippen LogP contribution in [0.5, 0.6) is 5.75 Å². The van der Waals surface area contributed by atoms with E-state index in [9.17, 15) is 9.90 Å². The van der Waals surface area contributed by atoms with Crippen molar-refractivity contribution in [1.82, 2.24) is 0 Å². The van der Waals surface area contributed by atoms with E-state index in [2.05, 4.69) is 4.74 Å². The molecule has 110 valence electrons. The van der Waals surface area contributed by atoms with Gasteiger partial charge < -0.3 is 14.6 Å². The molecule has 0 aliphatic heterocycles. The van der Waals surface area contributed by atoms with E-state index in [1.54, 1.807) is 6.07 Å². The van der Waals surface area contributed by atoms with E-state index in [-0.39, 0.29) is 6.10 Å². The van der Waals surface area contributed by atoms with Crippen molar-refractivity contribution in [3.63, 3.8) is 0 Å². The van der Waals surface area contributed by atoms with Crippen molar-refractivity contribution in [2.45, 2.75) is 51.7 Å². The molecule has 0 spiro atoms. The Balaban J connectivity index is 2.34. The third kappa shape index (κ3) is 2.96. The topological polar surface area (TPSA) is 55.8 Å². The summed E-state index contributed by atoms with van der Waals surface area (Å²) in [5.74, 6) is -0.0284. The maximum Gasteiger partial charge on any atom is 0.339 e. The highest BCUT2D eigenvalue weighted by Crippen LogP contribution is 2.34. The normalized spacial score (nSPS) is 17.0. The molecule has 2 rings (SSSR count). The molecule has 1 N–H and O–H groups in total. The number of hydrogen-bond donors (Lipinski definition) is 1. The van der Waals surface area contributed by atoms with Crippen LogP contribution in [0.4, 0.5) is 0 Å². The highest BCUT2D eigenvalue weighted by molar-refractivity contribution is 5.77. The molecule has 4 nitrogen and oxygen atoms in total. The van der Waals surface area contributed by atoms with Crippen LogP contribution >= 0.6 is 0 Å². The second-order valence-electron chi connectivity index (χ2n) is 5.38. The average Bonchev–Trinajstić information content (AvgIpc) is 2.95. The Bertz CT molecular complexity index is 489. The molecular formula is C16H22O4. The first-order chi connectivity index (χ1) is 9.54. The van der Waals surface area contributed by atoms with E-state index >= 15 is 0 Å². The van der Waals surface area contributed by atoms with Gasteiger partial charge >= 0.3 is 5.97 Å². The van der Waals surface area contributed by atoms with Crippen molar-refractivity contribution in [2.24, 2.45) is 0 Å². The van der Waals surface area contributed by atoms with Crippen LogP contribution in [0, 0.1) is 13.8 Å². The lowest BCUT2D eigenvalue weighted by Crippen LogP contribution is -2.18. The van der Waals surface area contributed by atoms with Gasteiger partial charge in [-0.1, -0.05) is 12.1 Å². The number of ether oxygens (including phenoxy) is 2. The van der Waals surface area contributed by atoms with Gasteiger partial charge in [-0.15, -0.1) is 0 Å². The van der Waals surface area contributed by atoms with Gasteiger partial charge in [-0.05, 0) is 50.7 Å². The molecular weight excluding hydrogens is 256 g/mol. The summed E-state index contributed by atoms with van der Waals surface area (Å²) in [5, 5.41) is 10.1. The van der Waals surface area contributed by atoms with Gasteiger partial charge in [-0.2, -0.15) is 0 Å². The summed E-state index contributed by atoms with van der Waals surface area (Å²) >= 11 is 0. The molecule has 1 aliphatic rings. The quantitative estimate of drug-likeness (QED) is 0.860. The van der Waals surface area contributed by atoms with Gasteiger partial charge in [-0.3, -0.25) is 0 Å². The monoisotopic (exact) mass is 278 g/mol. The van der Waals surface area contributed by atoms with Gasteiger partial charge in [-0.25, -0.2) is 4.79 Å². The van der Waals surface area contributed by atoms with Crippen LogP contribution < -0.4 is 4.74 Å². The minimum atomic E-state index is -1.30. The molecule has 1 aromatic carbocycles. The number of carbonyl (C=O) groups excluding carboxylic acids is 1. The SMILES string of the molecule is COC(=O)C(O)c1ccc(C)c(C)c1OC1CCCC1. The van der Waals surface area contributed by atoms with E-state index in [0.717, 1.165) is 24.0 Å². The fourth-order valence-electron chi connectivity index (χ4n) is 2.59. The average molecular weight is 278 g/mol. The van der Waals surface area contributed by atoms with Gasteiger partial charge in [0.1, 0.15) is 5.75 Å². The van der Waals surface area contributed by atoms with E-state index < -0.39 is 12.1 Å². The second kappa shape index (κ2) is 6.27. The molecule has 0 radical (unpaired) electrons. The summed E-state index contributed by atoms with van der Waals surface area (Å²) in [5.41, 5.74) is 2.54. The Labute approximate surface area is 119 Å². The van der Waals surface area contributed by atoms with E-state index in [1.165, 1.54) is 20.0 Å². The molecule has 0 aromatic heterocycles. The Morgan fingerprint density at radius 3 is 2.55 bits per heavy atom. The predicted octanol–water partition coefficient (Wildman–Crippen LogP) is 2.83. The van der Waals surface area contributed by atoms with E-state index in [1.807, 2.05) is 19.9 Å². The van der Waals surface area contributed by atoms with Crippen LogP contribution in [0.1, 0.15) is 48.5 Å². The highest BCUT2D eigenvalue weighted by atomic mass is 16.5. The minimum absolute atomic E-state index is 0.180. The highest BCUT2D eigenvalue weighted by Gasteiger charge is 2.26. The van der Waals surface area contributed by atoms with Crippen LogP contribution in [0.25, 0.3) is 0 Å². The number of aliphatic hydroxyl groups is 1. The molecule has 1 fully saturated rings. The van der Waals surface area contributed by atoms with Crippen LogP contribution in [0.15, 0.2) is 12.1 Å². The molecule has 20 heavy (non-hydrogen) atoms. The Hall–Kier alpha value is -1.55. The molecule has 4 heteroatoms. The number of aryl methyl sites for hydroxylation is 1. The van der Waals surface area contributed by atoms with Crippen molar-refractivity contribution in [2.75, 3.05) is 7.11 Å². The van der Waals surface area contributed by atoms with Crippen molar-refractivity contribution in [3.8, 4) is 5.75 Å². The third-order valence-electron chi connectivity index (χ3n) is 4.01. The fourth-order valence-corrected chi connectivity index (χ4v) is 2.59. The lowest BCUT2D eigenvalue weighted by molar-refractivity contribution is -0.150. The first-order valence-electron chi connectivity index (χ1n) is 7.07. The van der Waals surface area contributed by atoms with Gasteiger partial charge in [0.15, 0.2) is 6.10 Å². The summed E-state index contributed by atoms with van der Waals surface area (Å²) in [7, 11) is 1.27. The molecule has 0 heterocycles. The van der Waals surface area contributed by atoms with E-state index in [4.69, 9.17) is 4.74 Å². The van der Waals surface area contributed by atoms with Crippen LogP contribution in [-0.4, -0.2) is 24.3 Å². The molecule has 1 atom stereocenters. The van der Waals surface area contributed by atoms with Crippen molar-refractivity contribution in [1.29, 1.82) is 0 Å². The summed E-state index contributed by atoms with van der Waals surface area (Å²) in [4.78, 5) is 11.6. The Morgan fingerprint density at radius 1 is 1.30 bits per heavy atom. The summed E-state index contributed by atoms with van der Waals surface area (Å²) < 4.78 is 10.7. The standard InChI is InChI=1S/C16H22O4/c1-10-8-9-13(14(17)16(18)19-3)15(11(10)2)20-12-6-4-5-7-12/h8-9,12,14,17H,4-7H2,1-3H3. The summed E-state index contributed by atoms with van der Waals surface area (Å²) in [6, 6.07) is 3.63. The number of methoxy groups -OCH3 is 1. The van der Waals surface area contributed by atoms with Crippen molar-refractivity contribution >= 4 is 5.97 Å². The zero-order valence-electron chi connectivity index (χ0n) is 12.3. The number of aliphatic hydroxyl groups excluding tert-OH is 1. The maximum absolute atomic E-state index is 11.6. The van der Waals surface area contributed by atoms with Crippen LogP contribution in [-0.2, 0) is 9.53 Å². The summed E-state index contributed by atoms with van der Waals surface area (Å²) in [6.07, 6.45) is 3.28. The maximum atomic E-state index is 11.6. The minimum Gasteiger partial charge on any atom is -0.490 e. The van der Waals surface area contributed by atoms with Gasteiger partial charge in [0.2, 0.25) is 0 Å². The molecule has 1 unspecified atom stereocenters. The lowest BCUT2D eigenvalue weighted by atomic mass is 10.0. The van der Waals surface area contributed by atoms with Gasteiger partial charge in [0, 0.05) is 5.56 Å². The molecule has 1 aromatic rings. The third-order valence-corrected chi connectivity index (χ3v) is 4.01. The van der Waals surface area contributed by atoms with Crippen molar-refractivity contribution in [3.05, 3.63) is 28.8 Å². The predicted molar refractivity (Wildman–Crippen MR) is 75.8 cm³/mol. The Kier molecular flexibility index (Phi) is 4.65. The molecule has 0 bridgehead atoms. The summed E-state index contributed by atoms with van der Waals surface area (Å²) in [6.45, 7) is 3.94. The molecule has 1 saturated carbocycles. The first kappa shape index (κ1) is 14.9. The smallest absolute Gasteiger partial charge is 0.339 e. The van der Waals surface area contributed by atoms with Crippen LogP contribution in [0.2, 0.25) is 0 Å². The molecule has 0 amide bonds. The molecule has 1 aliphatic carbocycles. The first-order valence-corrected chi connectivity index (χ1v) is 7.07. The number of rotatable bonds is 4. The number of benzene rings is 1. The van der Waals surface area contributed by atoms with Gasteiger partial charge in [0.25, 0.3) is 0 Å². The largest absolute Gasteiger partial charge is 0.490 e.